The summed E-state index contributed by atoms with van der Waals surface area (Å²) in [5, 5.41) is 0. The van der Waals surface area contributed by atoms with Gasteiger partial charge in [-0.25, -0.2) is 4.98 Å². The minimum Gasteiger partial charge on any atom is -0.332 e. The Morgan fingerprint density at radius 1 is 1.40 bits per heavy atom. The lowest BCUT2D eigenvalue weighted by molar-refractivity contribution is 0.439. The maximum atomic E-state index is 5.83. The zero-order chi connectivity index (χ0) is 11.4. The van der Waals surface area contributed by atoms with E-state index < -0.39 is 0 Å². The summed E-state index contributed by atoms with van der Waals surface area (Å²) in [6.07, 6.45) is 5.01. The predicted molar refractivity (Wildman–Crippen MR) is 63.9 cm³/mol. The second kappa shape index (κ2) is 5.31. The van der Waals surface area contributed by atoms with Crippen LogP contribution in [-0.4, -0.2) is 16.1 Å². The van der Waals surface area contributed by atoms with Gasteiger partial charge in [0.15, 0.2) is 0 Å². The Kier molecular flexibility index (Phi) is 4.33. The van der Waals surface area contributed by atoms with Crippen molar-refractivity contribution in [2.24, 2.45) is 11.7 Å². The van der Waals surface area contributed by atoms with Crippen LogP contribution in [0.3, 0.4) is 0 Å². The zero-order valence-corrected chi connectivity index (χ0v) is 10.3. The van der Waals surface area contributed by atoms with Crippen molar-refractivity contribution in [2.45, 2.75) is 46.1 Å². The van der Waals surface area contributed by atoms with Crippen molar-refractivity contribution in [1.29, 1.82) is 0 Å². The first-order chi connectivity index (χ1) is 7.11. The maximum absolute atomic E-state index is 5.83. The Morgan fingerprint density at radius 3 is 2.53 bits per heavy atom. The molecule has 0 aliphatic carbocycles. The molecule has 0 spiro atoms. The smallest absolute Gasteiger partial charge is 0.0950 e. The second-order valence-electron chi connectivity index (χ2n) is 4.57. The molecule has 2 N–H and O–H groups in total. The molecule has 2 atom stereocenters. The van der Waals surface area contributed by atoms with Gasteiger partial charge < -0.3 is 10.3 Å². The molecule has 0 fully saturated rings. The number of hydrogen-bond donors (Lipinski definition) is 1. The Balaban J connectivity index is 2.97. The fraction of sp³-hybridized carbons (Fsp3) is 0.750. The lowest BCUT2D eigenvalue weighted by atomic mass is 9.92. The molecule has 15 heavy (non-hydrogen) atoms. The highest BCUT2D eigenvalue weighted by atomic mass is 15.1. The molecule has 3 heteroatoms. The molecule has 0 radical (unpaired) electrons. The standard InChI is InChI=1S/C12H23N3/c1-5-10(4)15-8-14-7-12(15)11(6-13)9(2)3/h7-11H,5-6,13H2,1-4H3. The topological polar surface area (TPSA) is 43.8 Å². The van der Waals surface area contributed by atoms with Gasteiger partial charge in [-0.05, 0) is 19.3 Å². The number of rotatable bonds is 5. The van der Waals surface area contributed by atoms with Gasteiger partial charge in [-0.1, -0.05) is 20.8 Å². The zero-order valence-electron chi connectivity index (χ0n) is 10.3. The molecule has 1 rings (SSSR count). The van der Waals surface area contributed by atoms with Crippen molar-refractivity contribution in [1.82, 2.24) is 9.55 Å². The van der Waals surface area contributed by atoms with Crippen LogP contribution < -0.4 is 5.73 Å². The van der Waals surface area contributed by atoms with Crippen molar-refractivity contribution in [3.63, 3.8) is 0 Å². The van der Waals surface area contributed by atoms with E-state index in [2.05, 4.69) is 37.2 Å². The van der Waals surface area contributed by atoms with Crippen LogP contribution in [0.1, 0.15) is 51.8 Å². The Bertz CT molecular complexity index is 291. The van der Waals surface area contributed by atoms with Crippen molar-refractivity contribution < 1.29 is 0 Å². The van der Waals surface area contributed by atoms with Gasteiger partial charge in [0.05, 0.1) is 6.33 Å². The highest BCUT2D eigenvalue weighted by Crippen LogP contribution is 2.25. The second-order valence-corrected chi connectivity index (χ2v) is 4.57. The number of hydrogen-bond acceptors (Lipinski definition) is 2. The molecule has 0 saturated heterocycles. The van der Waals surface area contributed by atoms with Crippen LogP contribution in [0.2, 0.25) is 0 Å². The van der Waals surface area contributed by atoms with Gasteiger partial charge >= 0.3 is 0 Å². The van der Waals surface area contributed by atoms with Crippen molar-refractivity contribution in [2.75, 3.05) is 6.54 Å². The van der Waals surface area contributed by atoms with Gasteiger partial charge in [0.25, 0.3) is 0 Å². The molecular weight excluding hydrogens is 186 g/mol. The summed E-state index contributed by atoms with van der Waals surface area (Å²) in [6.45, 7) is 9.54. The summed E-state index contributed by atoms with van der Waals surface area (Å²) < 4.78 is 2.26. The van der Waals surface area contributed by atoms with Crippen LogP contribution in [0.5, 0.6) is 0 Å². The predicted octanol–water partition coefficient (Wildman–Crippen LogP) is 2.55. The maximum Gasteiger partial charge on any atom is 0.0950 e. The molecule has 86 valence electrons. The van der Waals surface area contributed by atoms with Gasteiger partial charge in [-0.15, -0.1) is 0 Å². The van der Waals surface area contributed by atoms with E-state index in [0.717, 1.165) is 6.42 Å². The van der Waals surface area contributed by atoms with Crippen LogP contribution in [0, 0.1) is 5.92 Å². The third-order valence-corrected chi connectivity index (χ3v) is 3.20. The number of aromatic nitrogens is 2. The van der Waals surface area contributed by atoms with E-state index >= 15 is 0 Å². The van der Waals surface area contributed by atoms with Crippen LogP contribution >= 0.6 is 0 Å². The number of nitrogens with zero attached hydrogens (tertiary/aromatic N) is 2. The van der Waals surface area contributed by atoms with Gasteiger partial charge in [0, 0.05) is 30.4 Å². The molecule has 2 unspecified atom stereocenters. The van der Waals surface area contributed by atoms with Gasteiger partial charge in [-0.2, -0.15) is 0 Å². The Morgan fingerprint density at radius 2 is 2.07 bits per heavy atom. The summed E-state index contributed by atoms with van der Waals surface area (Å²) in [5.74, 6) is 0.982. The third-order valence-electron chi connectivity index (χ3n) is 3.20. The third kappa shape index (κ3) is 2.59. The quantitative estimate of drug-likeness (QED) is 0.810. The van der Waals surface area contributed by atoms with Crippen molar-refractivity contribution in [3.05, 3.63) is 18.2 Å². The number of nitrogens with two attached hydrogens (primary N) is 1. The van der Waals surface area contributed by atoms with Crippen molar-refractivity contribution >= 4 is 0 Å². The average molecular weight is 209 g/mol. The fourth-order valence-corrected chi connectivity index (χ4v) is 1.90. The summed E-state index contributed by atoms with van der Waals surface area (Å²) in [7, 11) is 0. The molecule has 0 amide bonds. The molecule has 0 aromatic carbocycles. The van der Waals surface area contributed by atoms with Gasteiger partial charge in [-0.3, -0.25) is 0 Å². The van der Waals surface area contributed by atoms with E-state index in [9.17, 15) is 0 Å². The Hall–Kier alpha value is -0.830. The van der Waals surface area contributed by atoms with Crippen LogP contribution in [0.4, 0.5) is 0 Å². The lowest BCUT2D eigenvalue weighted by Crippen LogP contribution is -2.21. The molecule has 0 aliphatic rings. The van der Waals surface area contributed by atoms with E-state index in [1.54, 1.807) is 0 Å². The minimum absolute atomic E-state index is 0.418. The highest BCUT2D eigenvalue weighted by Gasteiger charge is 2.19. The largest absolute Gasteiger partial charge is 0.332 e. The molecular formula is C12H23N3. The summed E-state index contributed by atoms with van der Waals surface area (Å²) in [6, 6.07) is 0.510. The highest BCUT2D eigenvalue weighted by molar-refractivity contribution is 5.09. The molecule has 0 saturated carbocycles. The van der Waals surface area contributed by atoms with Crippen LogP contribution in [0.25, 0.3) is 0 Å². The lowest BCUT2D eigenvalue weighted by Gasteiger charge is -2.23. The van der Waals surface area contributed by atoms with E-state index in [1.807, 2.05) is 12.5 Å². The van der Waals surface area contributed by atoms with Gasteiger partial charge in [0.1, 0.15) is 0 Å². The Labute approximate surface area is 92.7 Å². The first kappa shape index (κ1) is 12.2. The van der Waals surface area contributed by atoms with E-state index in [4.69, 9.17) is 5.73 Å². The summed E-state index contributed by atoms with van der Waals surface area (Å²) >= 11 is 0. The van der Waals surface area contributed by atoms with Crippen molar-refractivity contribution in [3.8, 4) is 0 Å². The first-order valence-corrected chi connectivity index (χ1v) is 5.83. The molecule has 3 nitrogen and oxygen atoms in total. The van der Waals surface area contributed by atoms with E-state index in [0.29, 0.717) is 24.4 Å². The fourth-order valence-electron chi connectivity index (χ4n) is 1.90. The minimum atomic E-state index is 0.418. The van der Waals surface area contributed by atoms with Crippen LogP contribution in [0.15, 0.2) is 12.5 Å². The SMILES string of the molecule is CCC(C)n1cncc1C(CN)C(C)C. The first-order valence-electron chi connectivity index (χ1n) is 5.83. The number of imidazole rings is 1. The van der Waals surface area contributed by atoms with Gasteiger partial charge in [0.2, 0.25) is 0 Å². The average Bonchev–Trinajstić information content (AvgIpc) is 2.66. The molecule has 1 aromatic heterocycles. The molecule has 1 aromatic rings. The van der Waals surface area contributed by atoms with E-state index in [1.165, 1.54) is 5.69 Å². The monoisotopic (exact) mass is 209 g/mol. The van der Waals surface area contributed by atoms with E-state index in [-0.39, 0.29) is 0 Å². The normalized spacial score (nSPS) is 15.6. The molecule has 1 heterocycles. The summed E-state index contributed by atoms with van der Waals surface area (Å²) in [5.41, 5.74) is 7.11. The molecule has 0 bridgehead atoms. The van der Waals surface area contributed by atoms with Crippen LogP contribution in [-0.2, 0) is 0 Å². The molecule has 0 aliphatic heterocycles. The summed E-state index contributed by atoms with van der Waals surface area (Å²) in [4.78, 5) is 4.25.